The molecule has 0 nitrogen and oxygen atoms in total. The molecule has 5 rings (SSSR count). The molecule has 0 N–H and O–H groups in total. The van der Waals surface area contributed by atoms with Crippen molar-refractivity contribution in [1.82, 2.24) is 0 Å². The van der Waals surface area contributed by atoms with Gasteiger partial charge in [0.2, 0.25) is 0 Å². The molecule has 0 atom stereocenters. The van der Waals surface area contributed by atoms with Crippen molar-refractivity contribution >= 4 is 0 Å². The number of benzene rings is 3. The lowest BCUT2D eigenvalue weighted by atomic mass is 9.68. The first kappa shape index (κ1) is 29.7. The molecule has 0 saturated heterocycles. The molecule has 0 radical (unpaired) electrons. The normalized spacial score (nSPS) is 22.9. The van der Waals surface area contributed by atoms with Gasteiger partial charge in [-0.25, -0.2) is 13.2 Å². The average molecular weight is 559 g/mol. The molecule has 3 aromatic rings. The lowest BCUT2D eigenvalue weighted by molar-refractivity contribution is 0.171. The van der Waals surface area contributed by atoms with E-state index in [1.54, 1.807) is 30.3 Å². The number of allylic oxidation sites excluding steroid dienone is 1. The summed E-state index contributed by atoms with van der Waals surface area (Å²) in [5.74, 6) is 0.949. The van der Waals surface area contributed by atoms with E-state index in [4.69, 9.17) is 0 Å². The minimum Gasteiger partial charge on any atom is -0.207 e. The fourth-order valence-corrected chi connectivity index (χ4v) is 7.38. The summed E-state index contributed by atoms with van der Waals surface area (Å²) in [6.45, 7) is 6.11. The van der Waals surface area contributed by atoms with Gasteiger partial charge in [0.05, 0.1) is 0 Å². The zero-order valence-electron chi connectivity index (χ0n) is 24.6. The molecule has 0 aromatic heterocycles. The van der Waals surface area contributed by atoms with E-state index >= 15 is 4.39 Å². The van der Waals surface area contributed by atoms with Crippen LogP contribution in [0.2, 0.25) is 0 Å². The van der Waals surface area contributed by atoms with Crippen LogP contribution in [0.15, 0.2) is 67.3 Å². The highest BCUT2D eigenvalue weighted by Crippen LogP contribution is 2.44. The zero-order valence-corrected chi connectivity index (χ0v) is 24.6. The van der Waals surface area contributed by atoms with Gasteiger partial charge in [-0.05, 0) is 122 Å². The maximum absolute atomic E-state index is 15.4. The van der Waals surface area contributed by atoms with Crippen molar-refractivity contribution in [2.24, 2.45) is 17.8 Å². The largest absolute Gasteiger partial charge is 0.207 e. The van der Waals surface area contributed by atoms with Crippen LogP contribution in [0.25, 0.3) is 22.3 Å². The minimum absolute atomic E-state index is 0.135. The maximum atomic E-state index is 15.4. The van der Waals surface area contributed by atoms with E-state index in [0.29, 0.717) is 29.4 Å². The topological polar surface area (TPSA) is 0 Å². The Labute approximate surface area is 245 Å². The van der Waals surface area contributed by atoms with E-state index < -0.39 is 11.6 Å². The third kappa shape index (κ3) is 6.99. The Kier molecular flexibility index (Phi) is 10.1. The smallest absolute Gasteiger partial charge is 0.166 e. The van der Waals surface area contributed by atoms with Crippen LogP contribution in [0.5, 0.6) is 0 Å². The van der Waals surface area contributed by atoms with Crippen molar-refractivity contribution in [1.29, 1.82) is 0 Å². The number of aryl methyl sites for hydroxylation is 1. The molecule has 2 saturated carbocycles. The van der Waals surface area contributed by atoms with Crippen LogP contribution in [-0.4, -0.2) is 0 Å². The van der Waals surface area contributed by atoms with Gasteiger partial charge in [0.25, 0.3) is 0 Å². The predicted molar refractivity (Wildman–Crippen MR) is 165 cm³/mol. The van der Waals surface area contributed by atoms with Gasteiger partial charge in [-0.15, -0.1) is 6.58 Å². The molecule has 0 amide bonds. The highest BCUT2D eigenvalue weighted by molar-refractivity contribution is 5.71. The van der Waals surface area contributed by atoms with Gasteiger partial charge in [0.1, 0.15) is 5.82 Å². The van der Waals surface area contributed by atoms with Crippen molar-refractivity contribution in [3.63, 3.8) is 0 Å². The summed E-state index contributed by atoms with van der Waals surface area (Å²) in [7, 11) is 0. The zero-order chi connectivity index (χ0) is 28.8. The molecule has 218 valence electrons. The van der Waals surface area contributed by atoms with Crippen molar-refractivity contribution < 1.29 is 13.2 Å². The summed E-state index contributed by atoms with van der Waals surface area (Å²) in [6, 6.07) is 16.3. The van der Waals surface area contributed by atoms with Crippen LogP contribution in [0.3, 0.4) is 0 Å². The molecule has 2 fully saturated rings. The Hall–Kier alpha value is -2.81. The first-order valence-electron chi connectivity index (χ1n) is 16.0. The molecule has 3 heteroatoms. The second-order valence-electron chi connectivity index (χ2n) is 12.5. The van der Waals surface area contributed by atoms with Crippen LogP contribution in [0.1, 0.15) is 101 Å². The van der Waals surface area contributed by atoms with Gasteiger partial charge in [0.15, 0.2) is 11.6 Å². The van der Waals surface area contributed by atoms with Crippen molar-refractivity contribution in [3.8, 4) is 22.3 Å². The van der Waals surface area contributed by atoms with Crippen LogP contribution < -0.4 is 0 Å². The van der Waals surface area contributed by atoms with E-state index in [-0.39, 0.29) is 11.4 Å². The Bertz CT molecular complexity index is 1290. The van der Waals surface area contributed by atoms with E-state index in [9.17, 15) is 8.78 Å². The Morgan fingerprint density at radius 3 is 1.95 bits per heavy atom. The highest BCUT2D eigenvalue weighted by atomic mass is 19.2. The van der Waals surface area contributed by atoms with E-state index in [0.717, 1.165) is 67.1 Å². The van der Waals surface area contributed by atoms with Gasteiger partial charge in [-0.1, -0.05) is 80.8 Å². The maximum Gasteiger partial charge on any atom is 0.166 e. The molecule has 3 aromatic carbocycles. The first-order valence-corrected chi connectivity index (χ1v) is 16.0. The molecule has 41 heavy (non-hydrogen) atoms. The lowest BCUT2D eigenvalue weighted by Gasteiger charge is -2.37. The van der Waals surface area contributed by atoms with Gasteiger partial charge in [0, 0.05) is 5.56 Å². The number of rotatable bonds is 10. The standard InChI is InChI=1S/C38H45F3/c1-3-5-6-7-8-32-21-24-35(38(41)37(32)40)31-19-15-29(16-20-31)33-22-23-34(36(39)25-33)30-17-13-28(14-18-30)27-11-9-26(4-2)10-12-27/h4,15-16,19-28,30H,2-3,5-14,17-18H2,1H3. The molecule has 0 spiro atoms. The summed E-state index contributed by atoms with van der Waals surface area (Å²) in [6.07, 6.45) is 16.5. The molecule has 2 aliphatic carbocycles. The van der Waals surface area contributed by atoms with E-state index in [1.165, 1.54) is 38.5 Å². The molecule has 0 bridgehead atoms. The van der Waals surface area contributed by atoms with Crippen LogP contribution in [0.4, 0.5) is 13.2 Å². The summed E-state index contributed by atoms with van der Waals surface area (Å²) < 4.78 is 45.1. The fraction of sp³-hybridized carbons (Fsp3) is 0.474. The highest BCUT2D eigenvalue weighted by Gasteiger charge is 2.31. The SMILES string of the molecule is C=CC1CCC(C2CCC(c3ccc(-c4ccc(-c5ccc(CCCCCC)c(F)c5F)cc4)cc3F)CC2)CC1. The summed E-state index contributed by atoms with van der Waals surface area (Å²) in [4.78, 5) is 0. The molecule has 0 heterocycles. The van der Waals surface area contributed by atoms with E-state index in [1.807, 2.05) is 24.3 Å². The first-order chi connectivity index (χ1) is 20.0. The molecule has 0 unspecified atom stereocenters. The van der Waals surface area contributed by atoms with Gasteiger partial charge in [-0.2, -0.15) is 0 Å². The van der Waals surface area contributed by atoms with Crippen molar-refractivity contribution in [3.05, 3.63) is 95.8 Å². The van der Waals surface area contributed by atoms with Crippen LogP contribution in [0, 0.1) is 35.2 Å². The van der Waals surface area contributed by atoms with Gasteiger partial charge >= 0.3 is 0 Å². The van der Waals surface area contributed by atoms with Crippen LogP contribution >= 0.6 is 0 Å². The Balaban J connectivity index is 1.21. The predicted octanol–water partition coefficient (Wildman–Crippen LogP) is 11.8. The van der Waals surface area contributed by atoms with Gasteiger partial charge < -0.3 is 0 Å². The molecule has 2 aliphatic rings. The number of unbranched alkanes of at least 4 members (excludes halogenated alkanes) is 3. The van der Waals surface area contributed by atoms with Gasteiger partial charge in [-0.3, -0.25) is 0 Å². The average Bonchev–Trinajstić information content (AvgIpc) is 3.01. The number of halogens is 3. The fourth-order valence-electron chi connectivity index (χ4n) is 7.38. The third-order valence-corrected chi connectivity index (χ3v) is 10.0. The van der Waals surface area contributed by atoms with Crippen LogP contribution in [-0.2, 0) is 6.42 Å². The summed E-state index contributed by atoms with van der Waals surface area (Å²) in [5, 5.41) is 0. The third-order valence-electron chi connectivity index (χ3n) is 10.0. The van der Waals surface area contributed by atoms with E-state index in [2.05, 4.69) is 19.6 Å². The van der Waals surface area contributed by atoms with Crippen molar-refractivity contribution in [2.45, 2.75) is 96.3 Å². The second-order valence-corrected chi connectivity index (χ2v) is 12.5. The van der Waals surface area contributed by atoms with Crippen molar-refractivity contribution in [2.75, 3.05) is 0 Å². The monoisotopic (exact) mass is 558 g/mol. The quantitative estimate of drug-likeness (QED) is 0.171. The minimum atomic E-state index is -0.791. The lowest BCUT2D eigenvalue weighted by Crippen LogP contribution is -2.25. The summed E-state index contributed by atoms with van der Waals surface area (Å²) >= 11 is 0. The number of hydrogen-bond donors (Lipinski definition) is 0. The number of hydrogen-bond acceptors (Lipinski definition) is 0. The Morgan fingerprint density at radius 1 is 0.683 bits per heavy atom. The molecule has 0 aliphatic heterocycles. The molecular weight excluding hydrogens is 513 g/mol. The molecular formula is C38H45F3. The summed E-state index contributed by atoms with van der Waals surface area (Å²) in [5.41, 5.74) is 3.84. The second kappa shape index (κ2) is 13.9. The Morgan fingerprint density at radius 2 is 1.32 bits per heavy atom.